The number of rotatable bonds is 7. The fourth-order valence-electron chi connectivity index (χ4n) is 2.73. The molecule has 0 aromatic carbocycles. The van der Waals surface area contributed by atoms with Gasteiger partial charge in [-0.1, -0.05) is 0 Å². The highest BCUT2D eigenvalue weighted by atomic mass is 35.5. The van der Waals surface area contributed by atoms with Crippen molar-refractivity contribution in [3.05, 3.63) is 11.5 Å². The lowest BCUT2D eigenvalue weighted by Crippen LogP contribution is -2.33. The number of fused-ring (bicyclic) bond motifs is 1. The van der Waals surface area contributed by atoms with Crippen LogP contribution in [0.3, 0.4) is 0 Å². The Morgan fingerprint density at radius 2 is 1.97 bits per heavy atom. The zero-order valence-corrected chi connectivity index (χ0v) is 16.9. The molecule has 0 bridgehead atoms. The average molecular weight is 475 g/mol. The summed E-state index contributed by atoms with van der Waals surface area (Å²) < 4.78 is 33.8. The van der Waals surface area contributed by atoms with Crippen molar-refractivity contribution in [3.8, 4) is 0 Å². The van der Waals surface area contributed by atoms with Crippen LogP contribution < -0.4 is 11.3 Å². The molecule has 1 unspecified atom stereocenters. The van der Waals surface area contributed by atoms with Crippen molar-refractivity contribution in [1.29, 1.82) is 0 Å². The minimum Gasteiger partial charge on any atom is -0.387 e. The Kier molecular flexibility index (Phi) is 6.30. The molecule has 8 N–H and O–H groups in total. The van der Waals surface area contributed by atoms with E-state index in [0.29, 0.717) is 5.39 Å². The van der Waals surface area contributed by atoms with Crippen LogP contribution in [0.4, 0.5) is 5.82 Å². The Morgan fingerprint density at radius 1 is 1.28 bits per heavy atom. The molecule has 5 atom stereocenters. The smallest absolute Gasteiger partial charge is 0.340 e. The third kappa shape index (κ3) is 4.93. The Balaban J connectivity index is 1.80. The Morgan fingerprint density at radius 3 is 2.59 bits per heavy atom. The summed E-state index contributed by atoms with van der Waals surface area (Å²) in [5, 5.41) is 24.7. The van der Waals surface area contributed by atoms with Gasteiger partial charge in [0.25, 0.3) is 0 Å². The maximum absolute atomic E-state index is 11.7. The number of hydrazine groups is 1. The number of anilines is 1. The van der Waals surface area contributed by atoms with Crippen LogP contribution in [0, 0.1) is 0 Å². The molecule has 2 aromatic rings. The number of nitrogens with one attached hydrogen (secondary N) is 1. The molecule has 2 aromatic heterocycles. The highest BCUT2D eigenvalue weighted by Gasteiger charge is 2.46. The van der Waals surface area contributed by atoms with Crippen molar-refractivity contribution in [2.45, 2.75) is 24.5 Å². The molecule has 0 aliphatic carbocycles. The molecule has 3 rings (SSSR count). The van der Waals surface area contributed by atoms with E-state index < -0.39 is 52.2 Å². The van der Waals surface area contributed by atoms with Gasteiger partial charge in [-0.25, -0.2) is 10.5 Å². The van der Waals surface area contributed by atoms with Crippen molar-refractivity contribution in [3.63, 3.8) is 0 Å². The molecule has 1 aliphatic heterocycles. The summed E-state index contributed by atoms with van der Waals surface area (Å²) in [5.41, 5.74) is 2.43. The van der Waals surface area contributed by atoms with Crippen molar-refractivity contribution in [2.24, 2.45) is 5.84 Å². The minimum atomic E-state index is -4.82. The van der Waals surface area contributed by atoms with E-state index in [-0.39, 0.29) is 16.7 Å². The molecule has 1 fully saturated rings. The number of nitrogen functional groups attached to an aromatic ring is 1. The van der Waals surface area contributed by atoms with E-state index in [2.05, 4.69) is 25.0 Å². The van der Waals surface area contributed by atoms with Crippen molar-refractivity contribution in [1.82, 2.24) is 19.7 Å². The van der Waals surface area contributed by atoms with Gasteiger partial charge >= 0.3 is 15.2 Å². The minimum absolute atomic E-state index is 0.116. The molecule has 15 nitrogen and oxygen atoms in total. The summed E-state index contributed by atoms with van der Waals surface area (Å²) in [5.74, 6) is 4.11. The van der Waals surface area contributed by atoms with Crippen LogP contribution in [-0.2, 0) is 18.4 Å². The van der Waals surface area contributed by atoms with Crippen molar-refractivity contribution in [2.75, 3.05) is 17.9 Å². The summed E-state index contributed by atoms with van der Waals surface area (Å²) in [7, 11) is -9.48. The van der Waals surface area contributed by atoms with Gasteiger partial charge < -0.3 is 39.6 Å². The molecule has 0 radical (unpaired) electrons. The second-order valence-electron chi connectivity index (χ2n) is 6.10. The van der Waals surface area contributed by atoms with Gasteiger partial charge in [0.2, 0.25) is 5.28 Å². The molecule has 162 valence electrons. The number of hydrogen-bond donors (Lipinski definition) is 7. The monoisotopic (exact) mass is 474 g/mol. The summed E-state index contributed by atoms with van der Waals surface area (Å²) in [4.78, 5) is 35.0. The van der Waals surface area contributed by atoms with Gasteiger partial charge in [-0.2, -0.15) is 15.1 Å². The average Bonchev–Trinajstić information content (AvgIpc) is 3.12. The lowest BCUT2D eigenvalue weighted by molar-refractivity contribution is -0.0541. The Bertz CT molecular complexity index is 1000. The predicted octanol–water partition coefficient (Wildman–Crippen LogP) is -1.28. The maximum atomic E-state index is 11.7. The molecule has 1 saturated heterocycles. The van der Waals surface area contributed by atoms with Gasteiger partial charge in [0.1, 0.15) is 18.3 Å². The van der Waals surface area contributed by atoms with E-state index in [9.17, 15) is 24.2 Å². The van der Waals surface area contributed by atoms with Gasteiger partial charge in [-0.15, -0.1) is 0 Å². The number of nitrogens with zero attached hydrogens (tertiary/aromatic N) is 4. The second kappa shape index (κ2) is 8.13. The lowest BCUT2D eigenvalue weighted by Gasteiger charge is -2.18. The third-order valence-electron chi connectivity index (χ3n) is 3.94. The number of aromatic nitrogens is 4. The molecule has 0 saturated carbocycles. The largest absolute Gasteiger partial charge is 0.387 e. The summed E-state index contributed by atoms with van der Waals surface area (Å²) in [6.07, 6.45) is -4.40. The summed E-state index contributed by atoms with van der Waals surface area (Å²) >= 11 is 5.83. The zero-order chi connectivity index (χ0) is 21.6. The van der Waals surface area contributed by atoms with Gasteiger partial charge in [-0.3, -0.25) is 9.13 Å². The van der Waals surface area contributed by atoms with E-state index in [1.807, 2.05) is 0 Å². The van der Waals surface area contributed by atoms with Crippen LogP contribution >= 0.6 is 26.8 Å². The zero-order valence-electron chi connectivity index (χ0n) is 14.3. The topological polar surface area (TPSA) is 235 Å². The number of ether oxygens (including phenoxy) is 1. The normalized spacial score (nSPS) is 27.3. The van der Waals surface area contributed by atoms with E-state index in [0.717, 1.165) is 4.68 Å². The second-order valence-corrected chi connectivity index (χ2v) is 10.4. The van der Waals surface area contributed by atoms with Crippen LogP contribution in [0.2, 0.25) is 5.28 Å². The first-order valence-electron chi connectivity index (χ1n) is 7.82. The standard InChI is InChI=1S/C11H17ClN6O9P2/c12-11-15-8(17-13)4-1-14-18(9(4)16-11)10-7(20)6(19)5(27-10)2-26-29(24,25)3-28(21,22)23/h1,5-7,10,19-20H,2-3,13H2,(H,24,25)(H,15,16,17)(H2,21,22,23)/t5-,6-,7-,10-/m1/s1. The number of halogens is 1. The van der Waals surface area contributed by atoms with Crippen molar-refractivity contribution < 1.29 is 43.3 Å². The molecule has 3 heterocycles. The molecule has 18 heteroatoms. The molecule has 29 heavy (non-hydrogen) atoms. The molecule has 0 spiro atoms. The van der Waals surface area contributed by atoms with Crippen LogP contribution in [0.1, 0.15) is 6.23 Å². The molecule has 0 amide bonds. The first-order chi connectivity index (χ1) is 13.4. The van der Waals surface area contributed by atoms with Gasteiger partial charge in [0.05, 0.1) is 18.2 Å². The molecular formula is C11H17ClN6O9P2. The van der Waals surface area contributed by atoms with E-state index in [4.69, 9.17) is 32.0 Å². The SMILES string of the molecule is NNc1nc(Cl)nc2c1cnn2[C@@H]1O[C@H](COP(=O)(O)CP(=O)(O)O)[C@@H](O)[C@H]1O. The predicted molar refractivity (Wildman–Crippen MR) is 96.8 cm³/mol. The van der Waals surface area contributed by atoms with Crippen LogP contribution in [0.5, 0.6) is 0 Å². The first kappa shape index (κ1) is 22.5. The van der Waals surface area contributed by atoms with Gasteiger partial charge in [0, 0.05) is 0 Å². The number of hydrogen-bond acceptors (Lipinski definition) is 11. The van der Waals surface area contributed by atoms with E-state index in [1.165, 1.54) is 6.20 Å². The van der Waals surface area contributed by atoms with E-state index >= 15 is 0 Å². The third-order valence-corrected chi connectivity index (χ3v) is 7.57. The van der Waals surface area contributed by atoms with Gasteiger partial charge in [-0.05, 0) is 11.6 Å². The number of nitrogens with two attached hydrogens (primary N) is 1. The Labute approximate surface area is 167 Å². The summed E-state index contributed by atoms with van der Waals surface area (Å²) in [6, 6.07) is 0. The fourth-order valence-corrected chi connectivity index (χ4v) is 5.46. The lowest BCUT2D eigenvalue weighted by atomic mass is 10.1. The summed E-state index contributed by atoms with van der Waals surface area (Å²) in [6.45, 7) is -0.729. The maximum Gasteiger partial charge on any atom is 0.340 e. The molecule has 1 aliphatic rings. The van der Waals surface area contributed by atoms with Crippen LogP contribution in [0.15, 0.2) is 6.20 Å². The first-order valence-corrected chi connectivity index (χ1v) is 11.8. The van der Waals surface area contributed by atoms with Gasteiger partial charge in [0.15, 0.2) is 23.6 Å². The van der Waals surface area contributed by atoms with Crippen LogP contribution in [-0.4, -0.2) is 75.5 Å². The number of aliphatic hydroxyl groups excluding tert-OH is 2. The molecular weight excluding hydrogens is 458 g/mol. The van der Waals surface area contributed by atoms with E-state index in [1.54, 1.807) is 0 Å². The quantitative estimate of drug-likeness (QED) is 0.107. The Hall–Kier alpha value is -1.22. The fraction of sp³-hybridized carbons (Fsp3) is 0.545. The van der Waals surface area contributed by atoms with Crippen LogP contribution in [0.25, 0.3) is 11.0 Å². The van der Waals surface area contributed by atoms with Crippen molar-refractivity contribution >= 4 is 43.6 Å². The highest BCUT2D eigenvalue weighted by molar-refractivity contribution is 7.70. The highest BCUT2D eigenvalue weighted by Crippen LogP contribution is 2.55. The number of aliphatic hydroxyl groups is 2.